The fourth-order valence-corrected chi connectivity index (χ4v) is 2.39. The lowest BCUT2D eigenvalue weighted by Crippen LogP contribution is -2.19. The third kappa shape index (κ3) is 1.74. The molecule has 1 atom stereocenters. The van der Waals surface area contributed by atoms with Crippen molar-refractivity contribution in [3.05, 3.63) is 36.1 Å². The van der Waals surface area contributed by atoms with Crippen molar-refractivity contribution in [1.29, 1.82) is 0 Å². The number of hydrogen-bond donors (Lipinski definition) is 1. The minimum atomic E-state index is 0.0673. The van der Waals surface area contributed by atoms with E-state index in [1.54, 1.807) is 0 Å². The van der Waals surface area contributed by atoms with Crippen molar-refractivity contribution in [3.8, 4) is 0 Å². The van der Waals surface area contributed by atoms with Gasteiger partial charge in [0.2, 0.25) is 0 Å². The van der Waals surface area contributed by atoms with Crippen LogP contribution in [0.4, 0.5) is 0 Å². The van der Waals surface area contributed by atoms with Crippen LogP contribution in [0, 0.1) is 5.92 Å². The average Bonchev–Trinajstić information content (AvgIpc) is 2.66. The van der Waals surface area contributed by atoms with Gasteiger partial charge in [0.25, 0.3) is 0 Å². The quantitative estimate of drug-likeness (QED) is 0.849. The molecule has 16 heavy (non-hydrogen) atoms. The van der Waals surface area contributed by atoms with Crippen molar-refractivity contribution in [2.75, 3.05) is 0 Å². The second kappa shape index (κ2) is 3.95. The van der Waals surface area contributed by atoms with Crippen LogP contribution >= 0.6 is 0 Å². The van der Waals surface area contributed by atoms with E-state index in [1.807, 2.05) is 18.2 Å². The first-order chi connectivity index (χ1) is 7.83. The highest BCUT2D eigenvalue weighted by Gasteiger charge is 2.22. The summed E-state index contributed by atoms with van der Waals surface area (Å²) < 4.78 is 5.77. The molecule has 3 rings (SSSR count). The number of nitrogens with two attached hydrogens (primary N) is 1. The van der Waals surface area contributed by atoms with E-state index in [2.05, 4.69) is 12.1 Å². The van der Waals surface area contributed by atoms with E-state index in [4.69, 9.17) is 10.2 Å². The molecule has 0 bridgehead atoms. The largest absolute Gasteiger partial charge is 0.459 e. The van der Waals surface area contributed by atoms with Gasteiger partial charge in [-0.15, -0.1) is 0 Å². The molecule has 84 valence electrons. The third-order valence-electron chi connectivity index (χ3n) is 3.62. The molecule has 0 amide bonds. The molecule has 1 unspecified atom stereocenters. The molecular weight excluding hydrogens is 198 g/mol. The van der Waals surface area contributed by atoms with Crippen molar-refractivity contribution in [3.63, 3.8) is 0 Å². The molecule has 1 aromatic heterocycles. The summed E-state index contributed by atoms with van der Waals surface area (Å²) in [4.78, 5) is 0. The maximum Gasteiger partial charge on any atom is 0.134 e. The zero-order chi connectivity index (χ0) is 11.0. The molecule has 1 aliphatic rings. The van der Waals surface area contributed by atoms with Gasteiger partial charge in [0.1, 0.15) is 11.3 Å². The topological polar surface area (TPSA) is 39.2 Å². The fourth-order valence-electron chi connectivity index (χ4n) is 2.39. The Morgan fingerprint density at radius 2 is 2.12 bits per heavy atom. The molecule has 2 N–H and O–H groups in total. The summed E-state index contributed by atoms with van der Waals surface area (Å²) in [5.41, 5.74) is 7.12. The maximum absolute atomic E-state index is 6.18. The monoisotopic (exact) mass is 215 g/mol. The Labute approximate surface area is 95.4 Å². The second-order valence-electron chi connectivity index (χ2n) is 4.83. The van der Waals surface area contributed by atoms with E-state index in [-0.39, 0.29) is 6.04 Å². The molecule has 1 aromatic carbocycles. The van der Waals surface area contributed by atoms with Crippen LogP contribution in [-0.4, -0.2) is 0 Å². The molecule has 2 heteroatoms. The highest BCUT2D eigenvalue weighted by molar-refractivity contribution is 5.77. The van der Waals surface area contributed by atoms with E-state index < -0.39 is 0 Å². The molecule has 0 aliphatic heterocycles. The summed E-state index contributed by atoms with van der Waals surface area (Å²) in [6.07, 6.45) is 5.12. The number of furan rings is 1. The summed E-state index contributed by atoms with van der Waals surface area (Å²) in [5, 5.41) is 1.15. The summed E-state index contributed by atoms with van der Waals surface area (Å²) in [6.45, 7) is 0. The van der Waals surface area contributed by atoms with Crippen LogP contribution in [0.1, 0.15) is 37.5 Å². The first kappa shape index (κ1) is 9.91. The van der Waals surface area contributed by atoms with E-state index in [0.29, 0.717) is 0 Å². The Morgan fingerprint density at radius 3 is 2.81 bits per heavy atom. The van der Waals surface area contributed by atoms with Gasteiger partial charge in [0, 0.05) is 5.39 Å². The first-order valence-electron chi connectivity index (χ1n) is 6.07. The van der Waals surface area contributed by atoms with Crippen molar-refractivity contribution in [2.45, 2.75) is 31.7 Å². The van der Waals surface area contributed by atoms with Crippen LogP contribution in [0.3, 0.4) is 0 Å². The summed E-state index contributed by atoms with van der Waals surface area (Å²) in [6, 6.07) is 10.2. The van der Waals surface area contributed by atoms with Gasteiger partial charge in [-0.1, -0.05) is 37.5 Å². The van der Waals surface area contributed by atoms with Gasteiger partial charge in [-0.05, 0) is 24.5 Å². The van der Waals surface area contributed by atoms with E-state index >= 15 is 0 Å². The molecule has 0 radical (unpaired) electrons. The van der Waals surface area contributed by atoms with Crippen LogP contribution in [0.15, 0.2) is 34.7 Å². The van der Waals surface area contributed by atoms with Crippen molar-refractivity contribution in [2.24, 2.45) is 11.7 Å². The molecule has 1 aliphatic carbocycles. The molecule has 2 aromatic rings. The predicted octanol–water partition coefficient (Wildman–Crippen LogP) is 3.62. The van der Waals surface area contributed by atoms with Crippen LogP contribution in [0.2, 0.25) is 0 Å². The lowest BCUT2D eigenvalue weighted by Gasteiger charge is -2.27. The van der Waals surface area contributed by atoms with E-state index in [1.165, 1.54) is 19.3 Å². The fraction of sp³-hybridized carbons (Fsp3) is 0.429. The molecule has 2 nitrogen and oxygen atoms in total. The predicted molar refractivity (Wildman–Crippen MR) is 65.1 cm³/mol. The number of fused-ring (bicyclic) bond motifs is 1. The molecule has 1 saturated carbocycles. The van der Waals surface area contributed by atoms with Crippen LogP contribution in [-0.2, 0) is 0 Å². The van der Waals surface area contributed by atoms with Crippen LogP contribution in [0.25, 0.3) is 11.0 Å². The number of rotatable bonds is 3. The highest BCUT2D eigenvalue weighted by Crippen LogP contribution is 2.35. The summed E-state index contributed by atoms with van der Waals surface area (Å²) >= 11 is 0. The second-order valence-corrected chi connectivity index (χ2v) is 4.83. The minimum absolute atomic E-state index is 0.0673. The van der Waals surface area contributed by atoms with Crippen molar-refractivity contribution >= 4 is 11.0 Å². The third-order valence-corrected chi connectivity index (χ3v) is 3.62. The van der Waals surface area contributed by atoms with E-state index in [0.717, 1.165) is 29.1 Å². The smallest absolute Gasteiger partial charge is 0.134 e. The molecule has 1 fully saturated rings. The highest BCUT2D eigenvalue weighted by atomic mass is 16.3. The Hall–Kier alpha value is -1.28. The van der Waals surface area contributed by atoms with Gasteiger partial charge in [-0.2, -0.15) is 0 Å². The van der Waals surface area contributed by atoms with Gasteiger partial charge in [0.15, 0.2) is 0 Å². The van der Waals surface area contributed by atoms with Gasteiger partial charge in [-0.3, -0.25) is 0 Å². The van der Waals surface area contributed by atoms with Crippen LogP contribution in [0.5, 0.6) is 0 Å². The zero-order valence-electron chi connectivity index (χ0n) is 9.36. The normalized spacial score (nSPS) is 18.6. The Kier molecular flexibility index (Phi) is 2.44. The van der Waals surface area contributed by atoms with Gasteiger partial charge < -0.3 is 10.2 Å². The first-order valence-corrected chi connectivity index (χ1v) is 6.07. The summed E-state index contributed by atoms with van der Waals surface area (Å²) in [5.74, 6) is 1.76. The van der Waals surface area contributed by atoms with Crippen molar-refractivity contribution in [1.82, 2.24) is 0 Å². The summed E-state index contributed by atoms with van der Waals surface area (Å²) in [7, 11) is 0. The number of para-hydroxylation sites is 1. The Bertz CT molecular complexity index is 451. The molecule has 0 saturated heterocycles. The molecular formula is C14H17NO. The number of benzene rings is 1. The SMILES string of the molecule is NC(CC1CCC1)c1cc2ccccc2o1. The zero-order valence-corrected chi connectivity index (χ0v) is 9.36. The lowest BCUT2D eigenvalue weighted by molar-refractivity contribution is 0.267. The van der Waals surface area contributed by atoms with Crippen molar-refractivity contribution < 1.29 is 4.42 Å². The Balaban J connectivity index is 1.81. The standard InChI is InChI=1S/C14H17NO/c15-12(8-10-4-3-5-10)14-9-11-6-1-2-7-13(11)16-14/h1-2,6-7,9-10,12H,3-5,8,15H2. The average molecular weight is 215 g/mol. The molecule has 0 spiro atoms. The van der Waals surface area contributed by atoms with Gasteiger partial charge in [-0.25, -0.2) is 0 Å². The Morgan fingerprint density at radius 1 is 1.31 bits per heavy atom. The lowest BCUT2D eigenvalue weighted by atomic mass is 9.80. The van der Waals surface area contributed by atoms with Gasteiger partial charge >= 0.3 is 0 Å². The number of hydrogen-bond acceptors (Lipinski definition) is 2. The minimum Gasteiger partial charge on any atom is -0.459 e. The van der Waals surface area contributed by atoms with E-state index in [9.17, 15) is 0 Å². The molecule has 1 heterocycles. The van der Waals surface area contributed by atoms with Crippen LogP contribution < -0.4 is 5.73 Å². The maximum atomic E-state index is 6.18. The van der Waals surface area contributed by atoms with Gasteiger partial charge in [0.05, 0.1) is 6.04 Å².